The summed E-state index contributed by atoms with van der Waals surface area (Å²) < 4.78 is 0. The summed E-state index contributed by atoms with van der Waals surface area (Å²) in [6.45, 7) is 1.60. The molecule has 0 aromatic heterocycles. The molecule has 0 aromatic carbocycles. The highest BCUT2D eigenvalue weighted by molar-refractivity contribution is 6.16. The van der Waals surface area contributed by atoms with Crippen LogP contribution in [0, 0.1) is 17.2 Å². The number of hydrogen-bond acceptors (Lipinski definition) is 3. The van der Waals surface area contributed by atoms with Gasteiger partial charge in [-0.25, -0.2) is 0 Å². The lowest BCUT2D eigenvalue weighted by Crippen LogP contribution is -2.41. The molecule has 1 unspecified atom stereocenters. The first-order valence-electron chi connectivity index (χ1n) is 4.60. The Bertz CT molecular complexity index is 374. The zero-order valence-electron chi connectivity index (χ0n) is 7.86. The zero-order valence-corrected chi connectivity index (χ0v) is 7.86. The smallest absolute Gasteiger partial charge is 0.257 e. The van der Waals surface area contributed by atoms with Gasteiger partial charge in [0, 0.05) is 11.6 Å². The molecule has 2 amide bonds. The van der Waals surface area contributed by atoms with Crippen LogP contribution in [0.1, 0.15) is 19.8 Å². The summed E-state index contributed by atoms with van der Waals surface area (Å²) in [6.07, 6.45) is 3.18. The van der Waals surface area contributed by atoms with Crippen LogP contribution in [-0.2, 0) is 9.59 Å². The summed E-state index contributed by atoms with van der Waals surface area (Å²) in [5.74, 6) is -0.452. The Morgan fingerprint density at radius 2 is 2.21 bits per heavy atom. The van der Waals surface area contributed by atoms with Crippen LogP contribution in [0.2, 0.25) is 0 Å². The van der Waals surface area contributed by atoms with E-state index in [1.807, 2.05) is 6.07 Å². The van der Waals surface area contributed by atoms with Crippen LogP contribution >= 0.6 is 0 Å². The van der Waals surface area contributed by atoms with E-state index in [0.717, 1.165) is 17.7 Å². The van der Waals surface area contributed by atoms with Crippen LogP contribution in [-0.4, -0.2) is 22.8 Å². The third-order valence-corrected chi connectivity index (χ3v) is 2.61. The number of carbonyl (C=O) groups excluding carboxylic acids is 2. The van der Waals surface area contributed by atoms with E-state index in [1.54, 1.807) is 6.92 Å². The molecule has 0 aromatic rings. The number of carbonyl (C=O) groups is 2. The van der Waals surface area contributed by atoms with Crippen LogP contribution in [0.3, 0.4) is 0 Å². The minimum Gasteiger partial charge on any atom is -0.269 e. The Labute approximate surface area is 81.8 Å². The summed E-state index contributed by atoms with van der Waals surface area (Å²) in [4.78, 5) is 24.0. The molecular formula is C10H10N2O2. The maximum absolute atomic E-state index is 11.5. The standard InChI is InChI=1S/C10H10N2O2/c1-6-4-9(13)12(10(6)14)8(5-11)7-2-3-7/h4,7-8H,2-3H2,1H3. The van der Waals surface area contributed by atoms with Gasteiger partial charge in [0.15, 0.2) is 0 Å². The molecule has 2 aliphatic rings. The molecule has 72 valence electrons. The molecule has 4 heteroatoms. The largest absolute Gasteiger partial charge is 0.269 e. The lowest BCUT2D eigenvalue weighted by atomic mass is 10.2. The monoisotopic (exact) mass is 190 g/mol. The van der Waals surface area contributed by atoms with E-state index in [0.29, 0.717) is 5.57 Å². The second kappa shape index (κ2) is 2.95. The minimum atomic E-state index is -0.552. The predicted octanol–water partition coefficient (Wildman–Crippen LogP) is 0.604. The fraction of sp³-hybridized carbons (Fsp3) is 0.500. The lowest BCUT2D eigenvalue weighted by molar-refractivity contribution is -0.139. The Hall–Kier alpha value is -1.63. The van der Waals surface area contributed by atoms with Crippen molar-refractivity contribution in [2.45, 2.75) is 25.8 Å². The van der Waals surface area contributed by atoms with E-state index < -0.39 is 6.04 Å². The molecule has 14 heavy (non-hydrogen) atoms. The predicted molar refractivity (Wildman–Crippen MR) is 47.7 cm³/mol. The molecule has 2 rings (SSSR count). The summed E-state index contributed by atoms with van der Waals surface area (Å²) in [5.41, 5.74) is 0.427. The molecule has 1 heterocycles. The van der Waals surface area contributed by atoms with Gasteiger partial charge in [0.05, 0.1) is 6.07 Å². The number of nitrogens with zero attached hydrogens (tertiary/aromatic N) is 2. The van der Waals surface area contributed by atoms with Crippen LogP contribution in [0.4, 0.5) is 0 Å². The molecule has 0 N–H and O–H groups in total. The molecule has 1 atom stereocenters. The van der Waals surface area contributed by atoms with Crippen LogP contribution in [0.15, 0.2) is 11.6 Å². The van der Waals surface area contributed by atoms with Gasteiger partial charge in [-0.2, -0.15) is 5.26 Å². The highest BCUT2D eigenvalue weighted by Gasteiger charge is 2.42. The number of nitriles is 1. The average Bonchev–Trinajstić information content (AvgIpc) is 2.91. The van der Waals surface area contributed by atoms with E-state index in [1.165, 1.54) is 6.08 Å². The summed E-state index contributed by atoms with van der Waals surface area (Å²) in [6, 6.07) is 1.49. The van der Waals surface area contributed by atoms with Gasteiger partial charge < -0.3 is 0 Å². The van der Waals surface area contributed by atoms with Gasteiger partial charge in [0.1, 0.15) is 6.04 Å². The normalized spacial score (nSPS) is 23.4. The van der Waals surface area contributed by atoms with E-state index in [9.17, 15) is 9.59 Å². The van der Waals surface area contributed by atoms with Crippen molar-refractivity contribution in [2.24, 2.45) is 5.92 Å². The van der Waals surface area contributed by atoms with Crippen molar-refractivity contribution in [1.29, 1.82) is 5.26 Å². The summed E-state index contributed by atoms with van der Waals surface area (Å²) in [5, 5.41) is 8.90. The van der Waals surface area contributed by atoms with E-state index in [2.05, 4.69) is 0 Å². The number of imide groups is 1. The van der Waals surface area contributed by atoms with Crippen molar-refractivity contribution < 1.29 is 9.59 Å². The average molecular weight is 190 g/mol. The fourth-order valence-corrected chi connectivity index (χ4v) is 1.66. The van der Waals surface area contributed by atoms with Gasteiger partial charge >= 0.3 is 0 Å². The number of rotatable bonds is 2. The van der Waals surface area contributed by atoms with Gasteiger partial charge in [0.2, 0.25) is 0 Å². The summed E-state index contributed by atoms with van der Waals surface area (Å²) >= 11 is 0. The second-order valence-electron chi connectivity index (χ2n) is 3.75. The van der Waals surface area contributed by atoms with E-state index in [-0.39, 0.29) is 17.7 Å². The van der Waals surface area contributed by atoms with Crippen molar-refractivity contribution in [3.05, 3.63) is 11.6 Å². The van der Waals surface area contributed by atoms with Crippen molar-refractivity contribution in [2.75, 3.05) is 0 Å². The van der Waals surface area contributed by atoms with Crippen molar-refractivity contribution in [3.63, 3.8) is 0 Å². The topological polar surface area (TPSA) is 61.2 Å². The zero-order chi connectivity index (χ0) is 10.3. The SMILES string of the molecule is CC1=CC(=O)N(C(C#N)C2CC2)C1=O. The van der Waals surface area contributed by atoms with E-state index >= 15 is 0 Å². The first kappa shape index (κ1) is 8.95. The first-order chi connectivity index (χ1) is 6.65. The lowest BCUT2D eigenvalue weighted by Gasteiger charge is -2.19. The van der Waals surface area contributed by atoms with Crippen LogP contribution in [0.5, 0.6) is 0 Å². The highest BCUT2D eigenvalue weighted by Crippen LogP contribution is 2.36. The van der Waals surface area contributed by atoms with E-state index in [4.69, 9.17) is 5.26 Å². The fourth-order valence-electron chi connectivity index (χ4n) is 1.66. The maximum Gasteiger partial charge on any atom is 0.257 e. The van der Waals surface area contributed by atoms with Crippen molar-refractivity contribution in [1.82, 2.24) is 4.90 Å². The third-order valence-electron chi connectivity index (χ3n) is 2.61. The van der Waals surface area contributed by atoms with Gasteiger partial charge in [-0.1, -0.05) is 0 Å². The number of hydrogen-bond donors (Lipinski definition) is 0. The summed E-state index contributed by atoms with van der Waals surface area (Å²) in [7, 11) is 0. The van der Waals surface area contributed by atoms with Gasteiger partial charge in [-0.15, -0.1) is 0 Å². The Balaban J connectivity index is 2.23. The van der Waals surface area contributed by atoms with Gasteiger partial charge in [-0.3, -0.25) is 14.5 Å². The second-order valence-corrected chi connectivity index (χ2v) is 3.75. The molecule has 4 nitrogen and oxygen atoms in total. The Kier molecular flexibility index (Phi) is 1.88. The molecule has 1 saturated carbocycles. The molecule has 0 bridgehead atoms. The molecular weight excluding hydrogens is 180 g/mol. The van der Waals surface area contributed by atoms with Gasteiger partial charge in [-0.05, 0) is 25.7 Å². The number of amides is 2. The molecule has 0 radical (unpaired) electrons. The highest BCUT2D eigenvalue weighted by atomic mass is 16.2. The van der Waals surface area contributed by atoms with Crippen molar-refractivity contribution >= 4 is 11.8 Å². The van der Waals surface area contributed by atoms with Gasteiger partial charge in [0.25, 0.3) is 11.8 Å². The molecule has 1 aliphatic carbocycles. The van der Waals surface area contributed by atoms with Crippen LogP contribution in [0.25, 0.3) is 0 Å². The van der Waals surface area contributed by atoms with Crippen LogP contribution < -0.4 is 0 Å². The third kappa shape index (κ3) is 1.22. The Morgan fingerprint density at radius 3 is 2.57 bits per heavy atom. The molecule has 1 aliphatic heterocycles. The first-order valence-corrected chi connectivity index (χ1v) is 4.60. The maximum atomic E-state index is 11.5. The van der Waals surface area contributed by atoms with Crippen molar-refractivity contribution in [3.8, 4) is 6.07 Å². The quantitative estimate of drug-likeness (QED) is 0.599. The molecule has 0 saturated heterocycles. The molecule has 1 fully saturated rings. The molecule has 0 spiro atoms. The Morgan fingerprint density at radius 1 is 1.57 bits per heavy atom. The minimum absolute atomic E-state index is 0.201.